The van der Waals surface area contributed by atoms with Crippen molar-refractivity contribution in [3.63, 3.8) is 0 Å². The quantitative estimate of drug-likeness (QED) is 0.896. The van der Waals surface area contributed by atoms with Crippen LogP contribution in [0.15, 0.2) is 36.7 Å². The molecule has 1 aliphatic heterocycles. The van der Waals surface area contributed by atoms with Gasteiger partial charge in [-0.3, -0.25) is 9.58 Å². The van der Waals surface area contributed by atoms with Crippen LogP contribution in [0.2, 0.25) is 0 Å². The molecule has 1 spiro atoms. The molecule has 2 heterocycles. The predicted molar refractivity (Wildman–Crippen MR) is 101 cm³/mol. The molecule has 1 aromatic carbocycles. The van der Waals surface area contributed by atoms with Gasteiger partial charge in [0.05, 0.1) is 19.8 Å². The molecule has 2 atom stereocenters. The molecule has 2 aromatic rings. The lowest BCUT2D eigenvalue weighted by molar-refractivity contribution is -0.0120. The van der Waals surface area contributed by atoms with Crippen molar-refractivity contribution < 1.29 is 9.84 Å². The van der Waals surface area contributed by atoms with Crippen LogP contribution in [0.1, 0.15) is 43.2 Å². The van der Waals surface area contributed by atoms with Crippen molar-refractivity contribution >= 4 is 0 Å². The Hall–Kier alpha value is -1.85. The minimum Gasteiger partial charge on any atom is -0.496 e. The molecule has 0 bridgehead atoms. The minimum absolute atomic E-state index is 0.114. The largest absolute Gasteiger partial charge is 0.496 e. The van der Waals surface area contributed by atoms with Crippen LogP contribution in [0.5, 0.6) is 5.75 Å². The number of benzene rings is 1. The number of aromatic nitrogens is 2. The van der Waals surface area contributed by atoms with Crippen molar-refractivity contribution in [2.24, 2.45) is 5.41 Å². The Labute approximate surface area is 155 Å². The molecular formula is C21H29N3O2. The average molecular weight is 355 g/mol. The SMILES string of the molecule is COc1ccc(CN2CCC[C@@]3(CCC[C@H]3O)C2)cc1Cn1cccn1. The number of likely N-dealkylation sites (tertiary alicyclic amines) is 1. The van der Waals surface area contributed by atoms with E-state index in [9.17, 15) is 5.11 Å². The van der Waals surface area contributed by atoms with Crippen LogP contribution in [0.25, 0.3) is 0 Å². The molecule has 140 valence electrons. The summed E-state index contributed by atoms with van der Waals surface area (Å²) in [7, 11) is 1.72. The van der Waals surface area contributed by atoms with Gasteiger partial charge >= 0.3 is 0 Å². The Morgan fingerprint density at radius 1 is 1.27 bits per heavy atom. The monoisotopic (exact) mass is 355 g/mol. The van der Waals surface area contributed by atoms with Gasteiger partial charge in [-0.1, -0.05) is 12.5 Å². The first kappa shape index (κ1) is 17.6. The van der Waals surface area contributed by atoms with E-state index in [1.807, 2.05) is 16.9 Å². The second-order valence-electron chi connectivity index (χ2n) is 7.93. The molecule has 5 heteroatoms. The predicted octanol–water partition coefficient (Wildman–Crippen LogP) is 3.07. The van der Waals surface area contributed by atoms with Crippen LogP contribution >= 0.6 is 0 Å². The molecule has 5 nitrogen and oxygen atoms in total. The lowest BCUT2D eigenvalue weighted by Gasteiger charge is -2.42. The summed E-state index contributed by atoms with van der Waals surface area (Å²) in [6.45, 7) is 3.79. The van der Waals surface area contributed by atoms with Gasteiger partial charge in [-0.2, -0.15) is 5.10 Å². The maximum atomic E-state index is 10.5. The van der Waals surface area contributed by atoms with Crippen molar-refractivity contribution in [2.45, 2.75) is 51.3 Å². The Bertz CT molecular complexity index is 731. The van der Waals surface area contributed by atoms with Gasteiger partial charge in [0.25, 0.3) is 0 Å². The number of ether oxygens (including phenoxy) is 1. The maximum Gasteiger partial charge on any atom is 0.123 e. The summed E-state index contributed by atoms with van der Waals surface area (Å²) in [6, 6.07) is 8.42. The number of aliphatic hydroxyl groups excluding tert-OH is 1. The van der Waals surface area contributed by atoms with E-state index >= 15 is 0 Å². The lowest BCUT2D eigenvalue weighted by Crippen LogP contribution is -2.46. The lowest BCUT2D eigenvalue weighted by atomic mass is 9.76. The van der Waals surface area contributed by atoms with Crippen molar-refractivity contribution in [3.05, 3.63) is 47.8 Å². The van der Waals surface area contributed by atoms with Crippen LogP contribution in [0, 0.1) is 5.41 Å². The third-order valence-corrected chi connectivity index (χ3v) is 6.19. The Balaban J connectivity index is 1.49. The van der Waals surface area contributed by atoms with E-state index in [4.69, 9.17) is 4.74 Å². The van der Waals surface area contributed by atoms with Gasteiger partial charge in [-0.05, 0) is 56.0 Å². The highest BCUT2D eigenvalue weighted by Crippen LogP contribution is 2.45. The molecule has 1 saturated heterocycles. The van der Waals surface area contributed by atoms with Gasteiger partial charge in [0.2, 0.25) is 0 Å². The summed E-state index contributed by atoms with van der Waals surface area (Å²) >= 11 is 0. The Morgan fingerprint density at radius 2 is 2.15 bits per heavy atom. The van der Waals surface area contributed by atoms with Gasteiger partial charge in [0, 0.05) is 36.5 Å². The molecule has 0 radical (unpaired) electrons. The normalized spacial score (nSPS) is 26.5. The third kappa shape index (κ3) is 3.51. The Morgan fingerprint density at radius 3 is 2.88 bits per heavy atom. The molecule has 1 saturated carbocycles. The summed E-state index contributed by atoms with van der Waals surface area (Å²) in [5, 5.41) is 14.8. The molecule has 1 N–H and O–H groups in total. The molecule has 0 amide bonds. The van der Waals surface area contributed by atoms with Crippen molar-refractivity contribution in [1.82, 2.24) is 14.7 Å². The second-order valence-corrected chi connectivity index (χ2v) is 7.93. The standard InChI is InChI=1S/C21H29N3O2/c1-26-19-7-6-17(13-18(19)15-24-12-4-10-22-24)14-23-11-3-9-21(16-23)8-2-5-20(21)25/h4,6-7,10,12-13,20,25H,2-3,5,8-9,11,14-16H2,1H3/t20-,21+/m1/s1. The van der Waals surface area contributed by atoms with Crippen molar-refractivity contribution in [2.75, 3.05) is 20.2 Å². The number of aliphatic hydroxyl groups is 1. The molecule has 2 fully saturated rings. The van der Waals surface area contributed by atoms with Crippen molar-refractivity contribution in [3.8, 4) is 5.75 Å². The average Bonchev–Trinajstić information content (AvgIpc) is 3.26. The number of hydrogen-bond donors (Lipinski definition) is 1. The first-order chi connectivity index (χ1) is 12.7. The van der Waals surface area contributed by atoms with Gasteiger partial charge < -0.3 is 9.84 Å². The fourth-order valence-electron chi connectivity index (χ4n) is 4.87. The zero-order valence-corrected chi connectivity index (χ0v) is 15.6. The third-order valence-electron chi connectivity index (χ3n) is 6.19. The maximum absolute atomic E-state index is 10.5. The second kappa shape index (κ2) is 7.41. The van der Waals surface area contributed by atoms with E-state index in [2.05, 4.69) is 28.2 Å². The smallest absolute Gasteiger partial charge is 0.123 e. The van der Waals surface area contributed by atoms with Gasteiger partial charge in [0.1, 0.15) is 5.75 Å². The van der Waals surface area contributed by atoms with E-state index < -0.39 is 0 Å². The number of rotatable bonds is 5. The Kier molecular flexibility index (Phi) is 5.00. The van der Waals surface area contributed by atoms with Crippen LogP contribution in [0.4, 0.5) is 0 Å². The summed E-state index contributed by atoms with van der Waals surface area (Å²) in [6.07, 6.45) is 9.36. The number of nitrogens with zero attached hydrogens (tertiary/aromatic N) is 3. The van der Waals surface area contributed by atoms with Crippen LogP contribution in [-0.2, 0) is 13.1 Å². The molecule has 26 heavy (non-hydrogen) atoms. The molecule has 1 aliphatic carbocycles. The zero-order chi connectivity index (χ0) is 18.0. The molecule has 2 aliphatic rings. The van der Waals surface area contributed by atoms with Gasteiger partial charge in [-0.25, -0.2) is 0 Å². The summed E-state index contributed by atoms with van der Waals surface area (Å²) in [5.41, 5.74) is 2.60. The molecule has 1 aromatic heterocycles. The zero-order valence-electron chi connectivity index (χ0n) is 15.6. The highest BCUT2D eigenvalue weighted by Gasteiger charge is 2.44. The van der Waals surface area contributed by atoms with E-state index in [-0.39, 0.29) is 11.5 Å². The van der Waals surface area contributed by atoms with Crippen LogP contribution in [-0.4, -0.2) is 46.1 Å². The molecule has 0 unspecified atom stereocenters. The fraction of sp³-hybridized carbons (Fsp3) is 0.571. The summed E-state index contributed by atoms with van der Waals surface area (Å²) in [5.74, 6) is 0.908. The molecular weight excluding hydrogens is 326 g/mol. The minimum atomic E-state index is -0.114. The number of hydrogen-bond acceptors (Lipinski definition) is 4. The number of piperidine rings is 1. The van der Waals surface area contributed by atoms with Gasteiger partial charge in [0.15, 0.2) is 0 Å². The topological polar surface area (TPSA) is 50.5 Å². The first-order valence-corrected chi connectivity index (χ1v) is 9.72. The highest BCUT2D eigenvalue weighted by atomic mass is 16.5. The van der Waals surface area contributed by atoms with Crippen molar-refractivity contribution in [1.29, 1.82) is 0 Å². The van der Waals surface area contributed by atoms with Gasteiger partial charge in [-0.15, -0.1) is 0 Å². The van der Waals surface area contributed by atoms with Crippen LogP contribution in [0.3, 0.4) is 0 Å². The molecule has 4 rings (SSSR count). The summed E-state index contributed by atoms with van der Waals surface area (Å²) < 4.78 is 7.46. The van der Waals surface area contributed by atoms with E-state index in [1.54, 1.807) is 13.3 Å². The highest BCUT2D eigenvalue weighted by molar-refractivity contribution is 5.37. The number of methoxy groups -OCH3 is 1. The first-order valence-electron chi connectivity index (χ1n) is 9.72. The van der Waals surface area contributed by atoms with E-state index in [0.29, 0.717) is 6.54 Å². The summed E-state index contributed by atoms with van der Waals surface area (Å²) in [4.78, 5) is 2.53. The van der Waals surface area contributed by atoms with Crippen LogP contribution < -0.4 is 4.74 Å². The van der Waals surface area contributed by atoms with E-state index in [0.717, 1.165) is 37.4 Å². The van der Waals surface area contributed by atoms with E-state index in [1.165, 1.54) is 31.2 Å². The fourth-order valence-corrected chi connectivity index (χ4v) is 4.87.